The molecule has 0 bridgehead atoms. The summed E-state index contributed by atoms with van der Waals surface area (Å²) < 4.78 is 3.80. The van der Waals surface area contributed by atoms with Crippen LogP contribution in [0, 0.1) is 0 Å². The predicted molar refractivity (Wildman–Crippen MR) is 44.5 cm³/mol. The van der Waals surface area contributed by atoms with E-state index in [-0.39, 0.29) is 17.1 Å². The normalized spacial score (nSPS) is 11.5. The molecule has 26 valence electrons. The summed E-state index contributed by atoms with van der Waals surface area (Å²) in [5, 5.41) is 0. The molecule has 4 heteroatoms. The second-order valence-corrected chi connectivity index (χ2v) is 5.75. The zero-order valence-electron chi connectivity index (χ0n) is 1.58. The highest BCUT2D eigenvalue weighted by molar-refractivity contribution is 15.0. The third kappa shape index (κ3) is 3.99. The van der Waals surface area contributed by atoms with Gasteiger partial charge >= 0.3 is 0 Å². The lowest BCUT2D eigenvalue weighted by molar-refractivity contribution is 2.30. The summed E-state index contributed by atoms with van der Waals surface area (Å²) in [5.41, 5.74) is 0. The number of hydrogen-bond donors (Lipinski definition) is 0. The second-order valence-electron chi connectivity index (χ2n) is 0.128. The Bertz CT molecular complexity index is 18.5. The molecular formula is I3N. The van der Waals surface area contributed by atoms with Gasteiger partial charge in [-0.2, -0.15) is 1.36 Å². The van der Waals surface area contributed by atoms with Crippen LogP contribution in [0.3, 0.4) is 0 Å². The van der Waals surface area contributed by atoms with E-state index in [2.05, 4.69) is 20.0 Å². The summed E-state index contributed by atoms with van der Waals surface area (Å²) >= 11 is 4.50. The highest BCUT2D eigenvalue weighted by Gasteiger charge is 1.40. The highest BCUT2D eigenvalue weighted by Crippen LogP contribution is 2.13. The van der Waals surface area contributed by atoms with Gasteiger partial charge < -0.3 is 0 Å². The molecule has 0 radical (unpaired) electrons. The van der Waals surface area contributed by atoms with Gasteiger partial charge in [0.1, 0.15) is 0 Å². The quantitative estimate of drug-likeness (QED) is 0.560. The van der Waals surface area contributed by atoms with Crippen molar-refractivity contribution in [2.45, 2.75) is 0 Å². The van der Waals surface area contributed by atoms with Crippen molar-refractivity contribution in [3.63, 3.8) is 0 Å². The SMILES string of the molecule is IN=II. The van der Waals surface area contributed by atoms with E-state index in [9.17, 15) is 0 Å². The van der Waals surface area contributed by atoms with Gasteiger partial charge in [0, 0.05) is 18.6 Å². The molecule has 0 aliphatic rings. The van der Waals surface area contributed by atoms with E-state index in [4.69, 9.17) is 0 Å². The van der Waals surface area contributed by atoms with Crippen LogP contribution >= 0.6 is 58.5 Å². The molecule has 0 saturated carbocycles. The van der Waals surface area contributed by atoms with Crippen molar-refractivity contribution in [2.75, 3.05) is 0 Å². The molecule has 0 atom stereocenters. The van der Waals surface area contributed by atoms with E-state index in [1.165, 1.54) is 0 Å². The van der Waals surface area contributed by atoms with Crippen LogP contribution in [0.1, 0.15) is 0 Å². The Kier molecular flexibility index (Phi) is 7.47. The molecule has 0 aliphatic heterocycles. The van der Waals surface area contributed by atoms with Crippen LogP contribution in [0.4, 0.5) is 0 Å². The molecule has 0 aromatic heterocycles. The molecule has 0 fully saturated rings. The molecule has 0 rings (SSSR count). The van der Waals surface area contributed by atoms with Crippen LogP contribution in [0.2, 0.25) is 0 Å². The predicted octanol–water partition coefficient (Wildman–Crippen LogP) is 2.84. The van der Waals surface area contributed by atoms with Gasteiger partial charge in [-0.25, -0.2) is 0 Å². The van der Waals surface area contributed by atoms with Gasteiger partial charge in [-0.15, -0.1) is 0 Å². The van der Waals surface area contributed by atoms with Crippen LogP contribution in [-0.4, -0.2) is 0 Å². The first-order chi connectivity index (χ1) is 1.91. The Balaban J connectivity index is 2.55. The topological polar surface area (TPSA) is 12.4 Å². The van der Waals surface area contributed by atoms with Crippen LogP contribution in [0.5, 0.6) is 0 Å². The minimum Gasteiger partial charge on any atom is -0.183 e. The summed E-state index contributed by atoms with van der Waals surface area (Å²) in [6.07, 6.45) is 0. The van der Waals surface area contributed by atoms with Gasteiger partial charge in [0.2, 0.25) is 0 Å². The number of rotatable bonds is 0. The molecule has 4 heavy (non-hydrogen) atoms. The molecule has 0 heterocycles. The van der Waals surface area contributed by atoms with Gasteiger partial charge in [0.15, 0.2) is 0 Å². The highest BCUT2D eigenvalue weighted by atomic mass is 128. The standard InChI is InChI=1S/I3N/c1-3-4-2. The lowest BCUT2D eigenvalue weighted by Crippen LogP contribution is -0.835. The van der Waals surface area contributed by atoms with E-state index in [0.717, 1.165) is 0 Å². The van der Waals surface area contributed by atoms with Crippen molar-refractivity contribution < 1.29 is 0 Å². The van der Waals surface area contributed by atoms with E-state index in [1.807, 2.05) is 22.9 Å². The molecule has 1 nitrogen and oxygen atoms in total. The van der Waals surface area contributed by atoms with Gasteiger partial charge in [-0.05, 0) is 0 Å². The summed E-state index contributed by atoms with van der Waals surface area (Å²) in [4.78, 5) is 0. The maximum atomic E-state index is 3.80. The lowest BCUT2D eigenvalue weighted by Gasteiger charge is -1.44. The van der Waals surface area contributed by atoms with Crippen molar-refractivity contribution in [2.24, 2.45) is 1.36 Å². The number of nitrogens with zero attached hydrogens (tertiary/aromatic N) is 1. The van der Waals surface area contributed by atoms with Gasteiger partial charge in [-0.3, -0.25) is 0 Å². The van der Waals surface area contributed by atoms with Crippen LogP contribution in [0.15, 0.2) is 1.36 Å². The monoisotopic (exact) mass is 395 g/mol. The Hall–Kier alpha value is 1.99. The fraction of sp³-hybridized carbons (Fsp3) is 0. The number of halogens is 3. The van der Waals surface area contributed by atoms with Gasteiger partial charge in [-0.1, -0.05) is 0 Å². The molecule has 0 aromatic carbocycles. The van der Waals surface area contributed by atoms with Gasteiger partial charge in [0.05, 0.1) is 39.9 Å². The third-order valence-corrected chi connectivity index (χ3v) is 7.29. The first-order valence-electron chi connectivity index (χ1n) is 0.481. The van der Waals surface area contributed by atoms with Gasteiger partial charge in [0.25, 0.3) is 0 Å². The van der Waals surface area contributed by atoms with Crippen molar-refractivity contribution in [3.8, 4) is 0 Å². The molecule has 0 spiro atoms. The Morgan fingerprint density at radius 2 is 2.00 bits per heavy atom. The van der Waals surface area contributed by atoms with Crippen LogP contribution in [0.25, 0.3) is 0 Å². The van der Waals surface area contributed by atoms with Crippen molar-refractivity contribution in [1.29, 1.82) is 0 Å². The first-order valence-corrected chi connectivity index (χ1v) is 8.70. The zero-order valence-corrected chi connectivity index (χ0v) is 8.05. The smallest absolute Gasteiger partial charge is 0.0910 e. The largest absolute Gasteiger partial charge is 0.183 e. The average Bonchev–Trinajstić information content (AvgIpc) is 1.37. The first kappa shape index (κ1) is 5.99. The zero-order chi connectivity index (χ0) is 3.41. The third-order valence-electron chi connectivity index (χ3n) is 0.0241. The molecule has 0 aromatic rings. The minimum atomic E-state index is 0.192. The maximum Gasteiger partial charge on any atom is 0.0910 e. The maximum absolute atomic E-state index is 3.80. The molecule has 0 N–H and O–H groups in total. The van der Waals surface area contributed by atoms with Crippen LogP contribution in [-0.2, 0) is 0 Å². The summed E-state index contributed by atoms with van der Waals surface area (Å²) in [6, 6.07) is 0. The fourth-order valence-corrected chi connectivity index (χ4v) is 0. The van der Waals surface area contributed by atoms with E-state index < -0.39 is 0 Å². The summed E-state index contributed by atoms with van der Waals surface area (Å²) in [6.45, 7) is 0. The van der Waals surface area contributed by atoms with E-state index in [1.54, 1.807) is 0 Å². The lowest BCUT2D eigenvalue weighted by atomic mass is 14.0. The Morgan fingerprint density at radius 1 is 1.75 bits per heavy atom. The second kappa shape index (κ2) is 4.99. The van der Waals surface area contributed by atoms with Crippen molar-refractivity contribution in [1.82, 2.24) is 0 Å². The van der Waals surface area contributed by atoms with E-state index in [0.29, 0.717) is 0 Å². The Labute approximate surface area is 58.8 Å². The van der Waals surface area contributed by atoms with E-state index >= 15 is 0 Å². The molecular weight excluding hydrogens is 395 g/mol. The number of hydrogen-bond acceptors (Lipinski definition) is 1. The Morgan fingerprint density at radius 3 is 2.00 bits per heavy atom. The molecule has 0 saturated heterocycles. The van der Waals surface area contributed by atoms with Crippen molar-refractivity contribution >= 4 is 58.5 Å². The average molecular weight is 395 g/mol. The summed E-state index contributed by atoms with van der Waals surface area (Å²) in [7, 11) is 0. The van der Waals surface area contributed by atoms with Crippen molar-refractivity contribution in [3.05, 3.63) is 0 Å². The molecule has 0 aliphatic carbocycles. The molecule has 0 unspecified atom stereocenters. The van der Waals surface area contributed by atoms with Crippen LogP contribution < -0.4 is 0 Å². The summed E-state index contributed by atoms with van der Waals surface area (Å²) in [5.74, 6) is 0. The molecule has 0 amide bonds. The fourth-order valence-electron chi connectivity index (χ4n) is 0. The minimum absolute atomic E-state index is 0.192.